The predicted octanol–water partition coefficient (Wildman–Crippen LogP) is 2.62. The highest BCUT2D eigenvalue weighted by Crippen LogP contribution is 2.25. The van der Waals surface area contributed by atoms with Crippen molar-refractivity contribution in [1.82, 2.24) is 10.6 Å². The molecule has 1 amide bonds. The summed E-state index contributed by atoms with van der Waals surface area (Å²) < 4.78 is 31.3. The van der Waals surface area contributed by atoms with Crippen LogP contribution in [0.15, 0.2) is 18.2 Å². The van der Waals surface area contributed by atoms with E-state index >= 15 is 0 Å². The van der Waals surface area contributed by atoms with Crippen molar-refractivity contribution in [3.8, 4) is 0 Å². The van der Waals surface area contributed by atoms with Gasteiger partial charge in [-0.25, -0.2) is 8.78 Å². The van der Waals surface area contributed by atoms with Crippen LogP contribution in [0.4, 0.5) is 8.78 Å². The number of rotatable bonds is 6. The molecule has 1 heterocycles. The lowest BCUT2D eigenvalue weighted by molar-refractivity contribution is -0.123. The highest BCUT2D eigenvalue weighted by atomic mass is 35.5. The average Bonchev–Trinajstić information content (AvgIpc) is 2.81. The molecular formula is C14H16Cl2F2N2O2. The number of carbonyl (C=O) groups excluding carboxylic acids is 1. The Bertz CT molecular complexity index is 544. The molecule has 0 spiro atoms. The van der Waals surface area contributed by atoms with Gasteiger partial charge >= 0.3 is 0 Å². The Kier molecular flexibility index (Phi) is 5.97. The van der Waals surface area contributed by atoms with E-state index in [-0.39, 0.29) is 19.8 Å². The Morgan fingerprint density at radius 3 is 2.86 bits per heavy atom. The molecule has 22 heavy (non-hydrogen) atoms. The van der Waals surface area contributed by atoms with Gasteiger partial charge in [0.15, 0.2) is 0 Å². The molecule has 0 saturated carbocycles. The molecule has 4 nitrogen and oxygen atoms in total. The van der Waals surface area contributed by atoms with Crippen LogP contribution in [0.25, 0.3) is 0 Å². The Labute approximate surface area is 137 Å². The number of benzene rings is 1. The summed E-state index contributed by atoms with van der Waals surface area (Å²) in [6.07, 6.45) is -0.472. The van der Waals surface area contributed by atoms with E-state index in [0.29, 0.717) is 10.0 Å². The van der Waals surface area contributed by atoms with Crippen molar-refractivity contribution in [3.63, 3.8) is 0 Å². The van der Waals surface area contributed by atoms with Crippen LogP contribution < -0.4 is 10.6 Å². The minimum Gasteiger partial charge on any atom is -0.375 e. The summed E-state index contributed by atoms with van der Waals surface area (Å²) in [7, 11) is 0. The second-order valence-electron chi connectivity index (χ2n) is 5.07. The number of amides is 1. The summed E-state index contributed by atoms with van der Waals surface area (Å²) in [4.78, 5) is 11.7. The molecule has 8 heteroatoms. The highest BCUT2D eigenvalue weighted by molar-refractivity contribution is 6.35. The molecule has 2 rings (SSSR count). The number of ether oxygens (including phenoxy) is 1. The van der Waals surface area contributed by atoms with Gasteiger partial charge in [0, 0.05) is 23.0 Å². The van der Waals surface area contributed by atoms with Crippen molar-refractivity contribution in [2.45, 2.75) is 25.0 Å². The molecule has 1 saturated heterocycles. The maximum atomic E-state index is 13.0. The molecule has 122 valence electrons. The number of nitrogens with one attached hydrogen (secondary N) is 2. The smallest absolute Gasteiger partial charge is 0.262 e. The molecule has 2 N–H and O–H groups in total. The fraction of sp³-hybridized carbons (Fsp3) is 0.500. The quantitative estimate of drug-likeness (QED) is 0.773. The third-order valence-corrected chi connectivity index (χ3v) is 3.83. The second-order valence-corrected chi connectivity index (χ2v) is 5.92. The van der Waals surface area contributed by atoms with Crippen LogP contribution in [0.2, 0.25) is 10.0 Å². The highest BCUT2D eigenvalue weighted by Gasteiger charge is 2.42. The molecule has 1 unspecified atom stereocenters. The standard InChI is InChI=1S/C14H16Cl2F2N2O2/c15-10-2-1-9(11(16)5-10)7-22-4-3-19-13(21)12-6-14(17,18)8-20-12/h1-2,5,12,20H,3-4,6-8H2,(H,19,21). The third-order valence-electron chi connectivity index (χ3n) is 3.24. The van der Waals surface area contributed by atoms with E-state index in [9.17, 15) is 13.6 Å². The first-order chi connectivity index (χ1) is 10.4. The van der Waals surface area contributed by atoms with Gasteiger partial charge in [0.05, 0.1) is 25.8 Å². The largest absolute Gasteiger partial charge is 0.375 e. The topological polar surface area (TPSA) is 50.4 Å². The summed E-state index contributed by atoms with van der Waals surface area (Å²) in [5, 5.41) is 6.10. The van der Waals surface area contributed by atoms with E-state index < -0.39 is 30.8 Å². The zero-order valence-corrected chi connectivity index (χ0v) is 13.2. The lowest BCUT2D eigenvalue weighted by Gasteiger charge is -2.11. The van der Waals surface area contributed by atoms with Crippen LogP contribution in [-0.2, 0) is 16.1 Å². The normalized spacial score (nSPS) is 20.1. The van der Waals surface area contributed by atoms with E-state index in [1.54, 1.807) is 18.2 Å². The van der Waals surface area contributed by atoms with Crippen LogP contribution in [0.1, 0.15) is 12.0 Å². The SMILES string of the molecule is O=C(NCCOCc1ccc(Cl)cc1Cl)C1CC(F)(F)CN1. The molecule has 0 aliphatic carbocycles. The fourth-order valence-electron chi connectivity index (χ4n) is 2.09. The lowest BCUT2D eigenvalue weighted by Crippen LogP contribution is -2.41. The van der Waals surface area contributed by atoms with Crippen LogP contribution in [0.5, 0.6) is 0 Å². The Hall–Kier alpha value is -0.950. The van der Waals surface area contributed by atoms with Gasteiger partial charge in [-0.3, -0.25) is 10.1 Å². The number of halogens is 4. The van der Waals surface area contributed by atoms with Crippen molar-refractivity contribution in [2.75, 3.05) is 19.7 Å². The Morgan fingerprint density at radius 1 is 1.45 bits per heavy atom. The first-order valence-electron chi connectivity index (χ1n) is 6.78. The van der Waals surface area contributed by atoms with Gasteiger partial charge in [0.25, 0.3) is 5.92 Å². The second kappa shape index (κ2) is 7.55. The van der Waals surface area contributed by atoms with E-state index in [0.717, 1.165) is 5.56 Å². The number of hydrogen-bond donors (Lipinski definition) is 2. The Balaban J connectivity index is 1.64. The van der Waals surface area contributed by atoms with Crippen LogP contribution >= 0.6 is 23.2 Å². The van der Waals surface area contributed by atoms with Gasteiger partial charge in [-0.1, -0.05) is 29.3 Å². The van der Waals surface area contributed by atoms with Crippen molar-refractivity contribution >= 4 is 29.1 Å². The first kappa shape index (κ1) is 17.4. The fourth-order valence-corrected chi connectivity index (χ4v) is 2.55. The van der Waals surface area contributed by atoms with Crippen molar-refractivity contribution in [3.05, 3.63) is 33.8 Å². The van der Waals surface area contributed by atoms with E-state index in [4.69, 9.17) is 27.9 Å². The van der Waals surface area contributed by atoms with Crippen LogP contribution in [0.3, 0.4) is 0 Å². The molecule has 1 aromatic carbocycles. The summed E-state index contributed by atoms with van der Waals surface area (Å²) in [5.41, 5.74) is 0.787. The minimum atomic E-state index is -2.82. The van der Waals surface area contributed by atoms with Gasteiger partial charge in [-0.05, 0) is 17.7 Å². The summed E-state index contributed by atoms with van der Waals surface area (Å²) in [6, 6.07) is 4.24. The lowest BCUT2D eigenvalue weighted by atomic mass is 10.2. The van der Waals surface area contributed by atoms with E-state index in [1.165, 1.54) is 0 Å². The van der Waals surface area contributed by atoms with E-state index in [2.05, 4.69) is 10.6 Å². The molecule has 0 aromatic heterocycles. The number of hydrogen-bond acceptors (Lipinski definition) is 3. The molecular weight excluding hydrogens is 337 g/mol. The molecule has 1 aromatic rings. The van der Waals surface area contributed by atoms with Crippen molar-refractivity contribution in [2.24, 2.45) is 0 Å². The van der Waals surface area contributed by atoms with Gasteiger partial charge in [-0.2, -0.15) is 0 Å². The van der Waals surface area contributed by atoms with Crippen molar-refractivity contribution in [1.29, 1.82) is 0 Å². The monoisotopic (exact) mass is 352 g/mol. The van der Waals surface area contributed by atoms with Gasteiger partial charge < -0.3 is 10.1 Å². The number of carbonyl (C=O) groups is 1. The zero-order chi connectivity index (χ0) is 16.2. The molecule has 0 radical (unpaired) electrons. The summed E-state index contributed by atoms with van der Waals surface area (Å²) in [5.74, 6) is -3.26. The van der Waals surface area contributed by atoms with E-state index in [1.807, 2.05) is 0 Å². The number of alkyl halides is 2. The molecule has 1 aliphatic heterocycles. The summed E-state index contributed by atoms with van der Waals surface area (Å²) in [6.45, 7) is 0.323. The molecule has 0 bridgehead atoms. The first-order valence-corrected chi connectivity index (χ1v) is 7.53. The molecule has 1 atom stereocenters. The molecule has 1 aliphatic rings. The van der Waals surface area contributed by atoms with Gasteiger partial charge in [-0.15, -0.1) is 0 Å². The molecule has 1 fully saturated rings. The predicted molar refractivity (Wildman–Crippen MR) is 80.5 cm³/mol. The summed E-state index contributed by atoms with van der Waals surface area (Å²) >= 11 is 11.8. The van der Waals surface area contributed by atoms with Crippen LogP contribution in [0, 0.1) is 0 Å². The van der Waals surface area contributed by atoms with Gasteiger partial charge in [0.2, 0.25) is 5.91 Å². The maximum Gasteiger partial charge on any atom is 0.262 e. The Morgan fingerprint density at radius 2 is 2.23 bits per heavy atom. The average molecular weight is 353 g/mol. The van der Waals surface area contributed by atoms with Crippen LogP contribution in [-0.4, -0.2) is 37.6 Å². The van der Waals surface area contributed by atoms with Gasteiger partial charge in [0.1, 0.15) is 0 Å². The maximum absolute atomic E-state index is 13.0. The minimum absolute atomic E-state index is 0.244. The van der Waals surface area contributed by atoms with Crippen molar-refractivity contribution < 1.29 is 18.3 Å². The zero-order valence-electron chi connectivity index (χ0n) is 11.7. The third kappa shape index (κ3) is 5.05.